The summed E-state index contributed by atoms with van der Waals surface area (Å²) in [5.74, 6) is -0.754. The number of methoxy groups -OCH3 is 1. The van der Waals surface area contributed by atoms with Gasteiger partial charge >= 0.3 is 5.97 Å². The van der Waals surface area contributed by atoms with Crippen molar-refractivity contribution in [3.8, 4) is 28.1 Å². The standard InChI is InChI=1S/C36H36Cl2N6O5/c1-49-35-23(16-40-31(20-45)36(47)48)14-29(37)30(43-35)19-44-32-7-3-5-26(28(32)18-41-44)27-6-2-4-25(34(27)38)22-10-8-21(9-11-22)15-39-17-24-12-13-33(46)42-24/h2-11,14,18,24,31,39-40,45H,12-13,15-17,19-20H2,1H3,(H,42,46)(H,47,48)/t24-,31-/m0/s1. The summed E-state index contributed by atoms with van der Waals surface area (Å²) in [7, 11) is 1.48. The Balaban J connectivity index is 1.20. The minimum atomic E-state index is -1.17. The lowest BCUT2D eigenvalue weighted by Crippen LogP contribution is -2.39. The van der Waals surface area contributed by atoms with Crippen LogP contribution in [0.4, 0.5) is 0 Å². The molecule has 3 heterocycles. The SMILES string of the molecule is COc1nc(Cn2ncc3c(-c4cccc(-c5ccc(CNC[C@@H]6CCC(=O)N6)cc5)c4Cl)cccc32)c(Cl)cc1CN[C@@H](CO)C(=O)O. The smallest absolute Gasteiger partial charge is 0.323 e. The molecule has 1 fully saturated rings. The van der Waals surface area contributed by atoms with Crippen LogP contribution in [0.15, 0.2) is 72.9 Å². The highest BCUT2D eigenvalue weighted by Gasteiger charge is 2.21. The van der Waals surface area contributed by atoms with E-state index in [0.717, 1.165) is 51.7 Å². The van der Waals surface area contributed by atoms with E-state index in [1.165, 1.54) is 7.11 Å². The summed E-state index contributed by atoms with van der Waals surface area (Å²) in [6.07, 6.45) is 3.27. The second-order valence-electron chi connectivity index (χ2n) is 11.9. The topological polar surface area (TPSA) is 151 Å². The Kier molecular flexibility index (Phi) is 10.8. The first kappa shape index (κ1) is 34.3. The third-order valence-electron chi connectivity index (χ3n) is 8.65. The van der Waals surface area contributed by atoms with Gasteiger partial charge in [-0.15, -0.1) is 0 Å². The molecule has 13 heteroatoms. The van der Waals surface area contributed by atoms with Gasteiger partial charge in [0, 0.05) is 54.2 Å². The number of pyridine rings is 1. The van der Waals surface area contributed by atoms with E-state index in [1.54, 1.807) is 12.3 Å². The maximum atomic E-state index is 11.4. The summed E-state index contributed by atoms with van der Waals surface area (Å²) < 4.78 is 7.29. The van der Waals surface area contributed by atoms with Crippen LogP contribution < -0.4 is 20.7 Å². The number of aromatic nitrogens is 3. The second kappa shape index (κ2) is 15.4. The van der Waals surface area contributed by atoms with Crippen molar-refractivity contribution in [1.82, 2.24) is 30.7 Å². The zero-order valence-corrected chi connectivity index (χ0v) is 28.3. The van der Waals surface area contributed by atoms with E-state index in [2.05, 4.69) is 50.3 Å². The number of benzene rings is 3. The molecule has 3 aromatic carbocycles. The fourth-order valence-electron chi connectivity index (χ4n) is 6.02. The third-order valence-corrected chi connectivity index (χ3v) is 9.38. The maximum absolute atomic E-state index is 11.4. The Bertz CT molecular complexity index is 1980. The predicted octanol–water partition coefficient (Wildman–Crippen LogP) is 5.03. The fourth-order valence-corrected chi connectivity index (χ4v) is 6.59. The highest BCUT2D eigenvalue weighted by molar-refractivity contribution is 6.36. The Hall–Kier alpha value is -4.52. The Morgan fingerprint density at radius 3 is 2.55 bits per heavy atom. The van der Waals surface area contributed by atoms with Crippen molar-refractivity contribution < 1.29 is 24.5 Å². The largest absolute Gasteiger partial charge is 0.481 e. The molecule has 0 aliphatic carbocycles. The van der Waals surface area contributed by atoms with Crippen LogP contribution in [0.5, 0.6) is 5.88 Å². The highest BCUT2D eigenvalue weighted by atomic mass is 35.5. The van der Waals surface area contributed by atoms with Crippen LogP contribution in [0.25, 0.3) is 33.2 Å². The van der Waals surface area contributed by atoms with Crippen LogP contribution in [-0.4, -0.2) is 69.2 Å². The molecule has 5 aromatic rings. The summed E-state index contributed by atoms with van der Waals surface area (Å²) in [5, 5.41) is 34.3. The number of amides is 1. The summed E-state index contributed by atoms with van der Waals surface area (Å²) in [6.45, 7) is 1.24. The minimum Gasteiger partial charge on any atom is -0.481 e. The quantitative estimate of drug-likeness (QED) is 0.107. The van der Waals surface area contributed by atoms with Crippen LogP contribution in [0, 0.1) is 0 Å². The first-order chi connectivity index (χ1) is 23.7. The Morgan fingerprint density at radius 1 is 1.08 bits per heavy atom. The molecule has 0 unspecified atom stereocenters. The first-order valence-corrected chi connectivity index (χ1v) is 16.6. The van der Waals surface area contributed by atoms with Crippen molar-refractivity contribution in [2.75, 3.05) is 20.3 Å². The van der Waals surface area contributed by atoms with Crippen molar-refractivity contribution in [3.05, 3.63) is 99.8 Å². The number of hydrogen-bond donors (Lipinski definition) is 5. The minimum absolute atomic E-state index is 0.0886. The zero-order valence-electron chi connectivity index (χ0n) is 26.7. The second-order valence-corrected chi connectivity index (χ2v) is 12.7. The maximum Gasteiger partial charge on any atom is 0.323 e. The fraction of sp³-hybridized carbons (Fsp3) is 0.278. The highest BCUT2D eigenvalue weighted by Crippen LogP contribution is 2.39. The number of nitrogens with zero attached hydrogens (tertiary/aromatic N) is 3. The number of aliphatic hydroxyl groups excluding tert-OH is 1. The number of carbonyl (C=O) groups is 2. The van der Waals surface area contributed by atoms with Gasteiger partial charge in [0.05, 0.1) is 47.7 Å². The Morgan fingerprint density at radius 2 is 1.84 bits per heavy atom. The number of ether oxygens (including phenoxy) is 1. The molecule has 49 heavy (non-hydrogen) atoms. The predicted molar refractivity (Wildman–Crippen MR) is 189 cm³/mol. The van der Waals surface area contributed by atoms with Crippen molar-refractivity contribution in [2.24, 2.45) is 0 Å². The van der Waals surface area contributed by atoms with Gasteiger partial charge in [-0.1, -0.05) is 77.8 Å². The van der Waals surface area contributed by atoms with E-state index in [1.807, 2.05) is 41.1 Å². The lowest BCUT2D eigenvalue weighted by molar-refractivity contribution is -0.140. The van der Waals surface area contributed by atoms with Gasteiger partial charge in [0.25, 0.3) is 0 Å². The number of nitrogens with one attached hydrogen (secondary N) is 3. The molecule has 1 aliphatic rings. The van der Waals surface area contributed by atoms with Crippen LogP contribution >= 0.6 is 23.2 Å². The molecule has 0 saturated carbocycles. The molecule has 5 N–H and O–H groups in total. The van der Waals surface area contributed by atoms with Crippen molar-refractivity contribution in [3.63, 3.8) is 0 Å². The van der Waals surface area contributed by atoms with Gasteiger partial charge in [-0.25, -0.2) is 4.98 Å². The molecule has 11 nitrogen and oxygen atoms in total. The van der Waals surface area contributed by atoms with E-state index in [0.29, 0.717) is 34.3 Å². The monoisotopic (exact) mass is 702 g/mol. The third kappa shape index (κ3) is 7.71. The number of hydrogen-bond acceptors (Lipinski definition) is 8. The number of rotatable bonds is 14. The average molecular weight is 704 g/mol. The van der Waals surface area contributed by atoms with Crippen LogP contribution in [0.3, 0.4) is 0 Å². The summed E-state index contributed by atoms with van der Waals surface area (Å²) in [5.41, 5.74) is 6.83. The first-order valence-electron chi connectivity index (χ1n) is 15.9. The lowest BCUT2D eigenvalue weighted by atomic mass is 9.96. The van der Waals surface area contributed by atoms with E-state index < -0.39 is 18.6 Å². The molecule has 0 radical (unpaired) electrons. The van der Waals surface area contributed by atoms with Crippen molar-refractivity contribution in [2.45, 2.75) is 44.6 Å². The molecule has 1 saturated heterocycles. The molecule has 6 rings (SSSR count). The molecular weight excluding hydrogens is 667 g/mol. The number of fused-ring (bicyclic) bond motifs is 1. The van der Waals surface area contributed by atoms with Gasteiger partial charge in [0.2, 0.25) is 11.8 Å². The van der Waals surface area contributed by atoms with Gasteiger partial charge in [0.15, 0.2) is 0 Å². The number of aliphatic carboxylic acids is 1. The van der Waals surface area contributed by atoms with Gasteiger partial charge in [-0.3, -0.25) is 19.6 Å². The lowest BCUT2D eigenvalue weighted by Gasteiger charge is -2.15. The van der Waals surface area contributed by atoms with Crippen LogP contribution in [0.2, 0.25) is 10.0 Å². The Labute approximate surface area is 293 Å². The van der Waals surface area contributed by atoms with Gasteiger partial charge in [0.1, 0.15) is 6.04 Å². The van der Waals surface area contributed by atoms with Crippen LogP contribution in [0.1, 0.15) is 29.7 Å². The number of aliphatic hydroxyl groups is 1. The molecule has 0 spiro atoms. The number of halogens is 2. The van der Waals surface area contributed by atoms with Gasteiger partial charge in [-0.05, 0) is 35.2 Å². The van der Waals surface area contributed by atoms with E-state index in [9.17, 15) is 19.8 Å². The summed E-state index contributed by atoms with van der Waals surface area (Å²) >= 11 is 13.7. The van der Waals surface area contributed by atoms with Gasteiger partial charge < -0.3 is 25.6 Å². The summed E-state index contributed by atoms with van der Waals surface area (Å²) in [6, 6.07) is 21.0. The van der Waals surface area contributed by atoms with E-state index >= 15 is 0 Å². The molecule has 254 valence electrons. The molecular formula is C36H36Cl2N6O5. The molecule has 1 amide bonds. The van der Waals surface area contributed by atoms with Crippen LogP contribution in [-0.2, 0) is 29.2 Å². The van der Waals surface area contributed by atoms with Crippen molar-refractivity contribution >= 4 is 46.0 Å². The number of carboxylic acid groups (broad SMARTS) is 1. The van der Waals surface area contributed by atoms with E-state index in [-0.39, 0.29) is 30.9 Å². The van der Waals surface area contributed by atoms with Gasteiger partial charge in [-0.2, -0.15) is 5.10 Å². The molecule has 2 atom stereocenters. The average Bonchev–Trinajstić information content (AvgIpc) is 3.72. The van der Waals surface area contributed by atoms with Crippen molar-refractivity contribution in [1.29, 1.82) is 0 Å². The molecule has 0 bridgehead atoms. The van der Waals surface area contributed by atoms with E-state index in [4.69, 9.17) is 27.9 Å². The molecule has 2 aromatic heterocycles. The zero-order chi connectivity index (χ0) is 34.5. The normalized spacial score (nSPS) is 15.0. The number of carboxylic acids is 1. The molecule has 1 aliphatic heterocycles. The number of carbonyl (C=O) groups excluding carboxylic acids is 1. The summed E-state index contributed by atoms with van der Waals surface area (Å²) in [4.78, 5) is 27.3.